The van der Waals surface area contributed by atoms with Crippen LogP contribution < -0.4 is 14.8 Å². The van der Waals surface area contributed by atoms with E-state index in [1.54, 1.807) is 19.5 Å². The second-order valence-corrected chi connectivity index (χ2v) is 3.63. The van der Waals surface area contributed by atoms with Crippen LogP contribution in [0.3, 0.4) is 0 Å². The number of methoxy groups -OCH3 is 1. The molecule has 4 heteroatoms. The summed E-state index contributed by atoms with van der Waals surface area (Å²) in [6.45, 7) is 2.06. The zero-order valence-electron chi connectivity index (χ0n) is 8.90. The monoisotopic (exact) mass is 208 g/mol. The van der Waals surface area contributed by atoms with Gasteiger partial charge in [0.25, 0.3) is 0 Å². The first-order valence-corrected chi connectivity index (χ1v) is 5.25. The van der Waals surface area contributed by atoms with Gasteiger partial charge in [-0.25, -0.2) is 0 Å². The van der Waals surface area contributed by atoms with Crippen LogP contribution >= 0.6 is 0 Å². The van der Waals surface area contributed by atoms with Gasteiger partial charge in [-0.2, -0.15) is 0 Å². The number of rotatable bonds is 3. The minimum Gasteiger partial charge on any atom is -0.495 e. The minimum atomic E-state index is 0.306. The van der Waals surface area contributed by atoms with E-state index in [0.717, 1.165) is 37.4 Å². The molecule has 0 spiro atoms. The molecule has 4 nitrogen and oxygen atoms in total. The minimum absolute atomic E-state index is 0.306. The second-order valence-electron chi connectivity index (χ2n) is 3.63. The standard InChI is InChI=1S/C11H16N2O2/c1-14-10-6-11(8-13-7-10)15-9-2-4-12-5-3-9/h6-9,12H,2-5H2,1H3. The molecular weight excluding hydrogens is 192 g/mol. The van der Waals surface area contributed by atoms with Crippen molar-refractivity contribution < 1.29 is 9.47 Å². The Morgan fingerprint density at radius 3 is 2.73 bits per heavy atom. The fourth-order valence-corrected chi connectivity index (χ4v) is 1.68. The molecule has 1 aliphatic heterocycles. The molecule has 0 saturated carbocycles. The van der Waals surface area contributed by atoms with Gasteiger partial charge in [-0.3, -0.25) is 4.98 Å². The van der Waals surface area contributed by atoms with Gasteiger partial charge >= 0.3 is 0 Å². The van der Waals surface area contributed by atoms with E-state index in [4.69, 9.17) is 9.47 Å². The van der Waals surface area contributed by atoms with Crippen LogP contribution in [0.5, 0.6) is 11.5 Å². The molecule has 1 N–H and O–H groups in total. The Morgan fingerprint density at radius 1 is 1.27 bits per heavy atom. The zero-order chi connectivity index (χ0) is 10.5. The number of ether oxygens (including phenoxy) is 2. The third-order valence-corrected chi connectivity index (χ3v) is 2.51. The summed E-state index contributed by atoms with van der Waals surface area (Å²) in [6.07, 6.45) is 5.81. The molecule has 2 heterocycles. The molecular formula is C11H16N2O2. The number of pyridine rings is 1. The number of hydrogen-bond acceptors (Lipinski definition) is 4. The van der Waals surface area contributed by atoms with Crippen molar-refractivity contribution in [2.24, 2.45) is 0 Å². The lowest BCUT2D eigenvalue weighted by molar-refractivity contribution is 0.161. The first kappa shape index (κ1) is 10.2. The number of nitrogens with zero attached hydrogens (tertiary/aromatic N) is 1. The fraction of sp³-hybridized carbons (Fsp3) is 0.545. The predicted octanol–water partition coefficient (Wildman–Crippen LogP) is 1.22. The van der Waals surface area contributed by atoms with E-state index in [2.05, 4.69) is 10.3 Å². The summed E-state index contributed by atoms with van der Waals surface area (Å²) in [6, 6.07) is 1.87. The van der Waals surface area contributed by atoms with Crippen molar-refractivity contribution in [3.05, 3.63) is 18.5 Å². The van der Waals surface area contributed by atoms with Crippen LogP contribution in [-0.4, -0.2) is 31.3 Å². The van der Waals surface area contributed by atoms with Gasteiger partial charge in [0.05, 0.1) is 19.5 Å². The van der Waals surface area contributed by atoms with E-state index in [1.807, 2.05) is 6.07 Å². The maximum absolute atomic E-state index is 5.82. The van der Waals surface area contributed by atoms with Gasteiger partial charge in [0, 0.05) is 6.07 Å². The van der Waals surface area contributed by atoms with Gasteiger partial charge in [-0.1, -0.05) is 0 Å². The number of nitrogens with one attached hydrogen (secondary N) is 1. The summed E-state index contributed by atoms with van der Waals surface area (Å²) in [5, 5.41) is 3.30. The van der Waals surface area contributed by atoms with Crippen LogP contribution in [0.1, 0.15) is 12.8 Å². The third-order valence-electron chi connectivity index (χ3n) is 2.51. The van der Waals surface area contributed by atoms with Gasteiger partial charge in [0.1, 0.15) is 17.6 Å². The summed E-state index contributed by atoms with van der Waals surface area (Å²) in [5.74, 6) is 1.53. The van der Waals surface area contributed by atoms with Crippen molar-refractivity contribution in [3.8, 4) is 11.5 Å². The Kier molecular flexibility index (Phi) is 3.40. The van der Waals surface area contributed by atoms with Crippen LogP contribution in [0.15, 0.2) is 18.5 Å². The van der Waals surface area contributed by atoms with Crippen LogP contribution in [0, 0.1) is 0 Å². The van der Waals surface area contributed by atoms with E-state index in [1.165, 1.54) is 0 Å². The molecule has 15 heavy (non-hydrogen) atoms. The molecule has 0 aliphatic carbocycles. The molecule has 82 valence electrons. The zero-order valence-corrected chi connectivity index (χ0v) is 8.90. The van der Waals surface area contributed by atoms with E-state index < -0.39 is 0 Å². The van der Waals surface area contributed by atoms with Crippen molar-refractivity contribution in [1.82, 2.24) is 10.3 Å². The van der Waals surface area contributed by atoms with Crippen LogP contribution in [0.25, 0.3) is 0 Å². The van der Waals surface area contributed by atoms with Crippen molar-refractivity contribution in [2.75, 3.05) is 20.2 Å². The summed E-state index contributed by atoms with van der Waals surface area (Å²) in [5.41, 5.74) is 0. The number of piperidine rings is 1. The highest BCUT2D eigenvalue weighted by molar-refractivity contribution is 5.28. The molecule has 0 amide bonds. The first-order valence-electron chi connectivity index (χ1n) is 5.25. The lowest BCUT2D eigenvalue weighted by atomic mass is 10.1. The molecule has 0 unspecified atom stereocenters. The van der Waals surface area contributed by atoms with Crippen molar-refractivity contribution in [3.63, 3.8) is 0 Å². The molecule has 1 aliphatic rings. The van der Waals surface area contributed by atoms with Crippen molar-refractivity contribution in [1.29, 1.82) is 0 Å². The Bertz CT molecular complexity index is 311. The summed E-state index contributed by atoms with van der Waals surface area (Å²) >= 11 is 0. The van der Waals surface area contributed by atoms with E-state index in [-0.39, 0.29) is 0 Å². The van der Waals surface area contributed by atoms with Crippen LogP contribution in [-0.2, 0) is 0 Å². The fourth-order valence-electron chi connectivity index (χ4n) is 1.68. The molecule has 1 aromatic heterocycles. The normalized spacial score (nSPS) is 17.4. The van der Waals surface area contributed by atoms with Gasteiger partial charge in [0.15, 0.2) is 0 Å². The Hall–Kier alpha value is -1.29. The second kappa shape index (κ2) is 4.98. The van der Waals surface area contributed by atoms with Gasteiger partial charge in [-0.15, -0.1) is 0 Å². The third kappa shape index (κ3) is 2.83. The lowest BCUT2D eigenvalue weighted by Gasteiger charge is -2.23. The van der Waals surface area contributed by atoms with E-state index >= 15 is 0 Å². The first-order chi connectivity index (χ1) is 7.38. The molecule has 0 radical (unpaired) electrons. The predicted molar refractivity (Wildman–Crippen MR) is 57.3 cm³/mol. The average Bonchev–Trinajstić information content (AvgIpc) is 2.31. The summed E-state index contributed by atoms with van der Waals surface area (Å²) in [4.78, 5) is 4.06. The SMILES string of the molecule is COc1cncc(OC2CCNCC2)c1. The molecule has 1 fully saturated rings. The average molecular weight is 208 g/mol. The summed E-state index contributed by atoms with van der Waals surface area (Å²) in [7, 11) is 1.63. The maximum atomic E-state index is 5.82. The highest BCUT2D eigenvalue weighted by Crippen LogP contribution is 2.20. The van der Waals surface area contributed by atoms with Crippen molar-refractivity contribution in [2.45, 2.75) is 18.9 Å². The molecule has 2 rings (SSSR count). The van der Waals surface area contributed by atoms with Gasteiger partial charge in [0.2, 0.25) is 0 Å². The molecule has 0 aromatic carbocycles. The topological polar surface area (TPSA) is 43.4 Å². The molecule has 1 aromatic rings. The lowest BCUT2D eigenvalue weighted by Crippen LogP contribution is -2.34. The van der Waals surface area contributed by atoms with Crippen LogP contribution in [0.4, 0.5) is 0 Å². The maximum Gasteiger partial charge on any atom is 0.141 e. The molecule has 0 atom stereocenters. The summed E-state index contributed by atoms with van der Waals surface area (Å²) < 4.78 is 10.9. The molecule has 0 bridgehead atoms. The van der Waals surface area contributed by atoms with Gasteiger partial charge in [-0.05, 0) is 25.9 Å². The van der Waals surface area contributed by atoms with Crippen LogP contribution in [0.2, 0.25) is 0 Å². The van der Waals surface area contributed by atoms with E-state index in [0.29, 0.717) is 6.10 Å². The number of aromatic nitrogens is 1. The molecule has 1 saturated heterocycles. The highest BCUT2D eigenvalue weighted by Gasteiger charge is 2.14. The van der Waals surface area contributed by atoms with Gasteiger partial charge < -0.3 is 14.8 Å². The Morgan fingerprint density at radius 2 is 2.00 bits per heavy atom. The largest absolute Gasteiger partial charge is 0.495 e. The highest BCUT2D eigenvalue weighted by atomic mass is 16.5. The smallest absolute Gasteiger partial charge is 0.141 e. The van der Waals surface area contributed by atoms with E-state index in [9.17, 15) is 0 Å². The Labute approximate surface area is 89.6 Å². The van der Waals surface area contributed by atoms with Crippen molar-refractivity contribution >= 4 is 0 Å². The quantitative estimate of drug-likeness (QED) is 0.811. The Balaban J connectivity index is 1.96. The number of hydrogen-bond donors (Lipinski definition) is 1.